The van der Waals surface area contributed by atoms with Crippen LogP contribution in [0.3, 0.4) is 0 Å². The van der Waals surface area contributed by atoms with Crippen molar-refractivity contribution in [2.45, 2.75) is 51.0 Å². The first-order chi connectivity index (χ1) is 9.74. The van der Waals surface area contributed by atoms with Crippen LogP contribution in [-0.4, -0.2) is 19.4 Å². The molecule has 4 nitrogen and oxygen atoms in total. The standard InChI is InChI=1S/C15H24N2O2S2/c1-11(2)7-6-8-12(3)17-21(18,19)14-10-5-4-9-13(14)15(16)20/h4-5,9-12,17H,6-8H2,1-3H3,(H2,16,20). The Hall–Kier alpha value is -0.980. The number of hydrogen-bond donors (Lipinski definition) is 2. The van der Waals surface area contributed by atoms with Crippen LogP contribution in [0.4, 0.5) is 0 Å². The van der Waals surface area contributed by atoms with Crippen LogP contribution < -0.4 is 10.5 Å². The first-order valence-electron chi connectivity index (χ1n) is 7.15. The highest BCUT2D eigenvalue weighted by Crippen LogP contribution is 2.17. The van der Waals surface area contributed by atoms with Gasteiger partial charge in [0.2, 0.25) is 10.0 Å². The minimum absolute atomic E-state index is 0.0865. The summed E-state index contributed by atoms with van der Waals surface area (Å²) in [4.78, 5) is 0.233. The van der Waals surface area contributed by atoms with Gasteiger partial charge in [-0.3, -0.25) is 0 Å². The lowest BCUT2D eigenvalue weighted by Gasteiger charge is -2.16. The van der Waals surface area contributed by atoms with Crippen molar-refractivity contribution in [3.63, 3.8) is 0 Å². The van der Waals surface area contributed by atoms with Crippen molar-refractivity contribution in [2.75, 3.05) is 0 Å². The molecule has 0 aliphatic heterocycles. The molecule has 1 atom stereocenters. The highest BCUT2D eigenvalue weighted by Gasteiger charge is 2.21. The summed E-state index contributed by atoms with van der Waals surface area (Å²) in [6.07, 6.45) is 2.90. The Labute approximate surface area is 133 Å². The van der Waals surface area contributed by atoms with Crippen LogP contribution in [0.15, 0.2) is 29.2 Å². The lowest BCUT2D eigenvalue weighted by Crippen LogP contribution is -2.33. The molecule has 0 fully saturated rings. The van der Waals surface area contributed by atoms with Crippen molar-refractivity contribution in [1.29, 1.82) is 0 Å². The fourth-order valence-corrected chi connectivity index (χ4v) is 3.87. The number of benzene rings is 1. The molecule has 0 saturated carbocycles. The van der Waals surface area contributed by atoms with Crippen LogP contribution in [0.2, 0.25) is 0 Å². The third kappa shape index (κ3) is 5.73. The lowest BCUT2D eigenvalue weighted by molar-refractivity contribution is 0.488. The molecule has 1 aromatic rings. The van der Waals surface area contributed by atoms with Gasteiger partial charge in [0.25, 0.3) is 0 Å². The molecule has 0 aliphatic carbocycles. The van der Waals surface area contributed by atoms with E-state index in [-0.39, 0.29) is 15.9 Å². The van der Waals surface area contributed by atoms with Crippen LogP contribution >= 0.6 is 12.2 Å². The Bertz CT molecular complexity index is 583. The van der Waals surface area contributed by atoms with Gasteiger partial charge in [-0.15, -0.1) is 0 Å². The van der Waals surface area contributed by atoms with E-state index in [1.807, 2.05) is 6.92 Å². The van der Waals surface area contributed by atoms with Gasteiger partial charge in [0, 0.05) is 11.6 Å². The number of rotatable bonds is 8. The molecule has 6 heteroatoms. The Morgan fingerprint density at radius 2 is 1.86 bits per heavy atom. The molecule has 0 aliphatic rings. The van der Waals surface area contributed by atoms with Crippen molar-refractivity contribution in [3.8, 4) is 0 Å². The number of sulfonamides is 1. The summed E-state index contributed by atoms with van der Waals surface area (Å²) in [6, 6.07) is 6.42. The van der Waals surface area contributed by atoms with E-state index in [0.717, 1.165) is 19.3 Å². The van der Waals surface area contributed by atoms with Gasteiger partial charge in [0.15, 0.2) is 0 Å². The van der Waals surface area contributed by atoms with E-state index in [4.69, 9.17) is 18.0 Å². The Balaban J connectivity index is 2.80. The molecule has 1 aromatic carbocycles. The molecule has 3 N–H and O–H groups in total. The minimum atomic E-state index is -3.60. The largest absolute Gasteiger partial charge is 0.389 e. The minimum Gasteiger partial charge on any atom is -0.389 e. The predicted octanol–water partition coefficient (Wildman–Crippen LogP) is 2.81. The maximum absolute atomic E-state index is 12.4. The average Bonchev–Trinajstić information content (AvgIpc) is 2.37. The highest BCUT2D eigenvalue weighted by molar-refractivity contribution is 7.89. The van der Waals surface area contributed by atoms with Gasteiger partial charge in [-0.05, 0) is 25.3 Å². The van der Waals surface area contributed by atoms with E-state index < -0.39 is 10.0 Å². The maximum atomic E-state index is 12.4. The number of nitrogens with two attached hydrogens (primary N) is 1. The molecular formula is C15H24N2O2S2. The summed E-state index contributed by atoms with van der Waals surface area (Å²) in [5.74, 6) is 0.629. The first-order valence-corrected chi connectivity index (χ1v) is 9.04. The molecular weight excluding hydrogens is 304 g/mol. The fourth-order valence-electron chi connectivity index (χ4n) is 2.12. The molecule has 1 rings (SSSR count). The lowest BCUT2D eigenvalue weighted by atomic mass is 10.0. The van der Waals surface area contributed by atoms with Crippen molar-refractivity contribution >= 4 is 27.2 Å². The molecule has 0 aromatic heterocycles. The van der Waals surface area contributed by atoms with E-state index in [1.165, 1.54) is 6.07 Å². The van der Waals surface area contributed by atoms with Crippen LogP contribution in [-0.2, 0) is 10.0 Å². The van der Waals surface area contributed by atoms with E-state index in [1.54, 1.807) is 18.2 Å². The van der Waals surface area contributed by atoms with Crippen molar-refractivity contribution in [3.05, 3.63) is 29.8 Å². The molecule has 1 unspecified atom stereocenters. The van der Waals surface area contributed by atoms with E-state index in [2.05, 4.69) is 18.6 Å². The second kappa shape index (κ2) is 7.87. The van der Waals surface area contributed by atoms with Gasteiger partial charge < -0.3 is 5.73 Å². The zero-order chi connectivity index (χ0) is 16.0. The molecule has 0 heterocycles. The number of thiocarbonyl (C=S) groups is 1. The topological polar surface area (TPSA) is 72.2 Å². The molecule has 118 valence electrons. The molecule has 0 bridgehead atoms. The summed E-state index contributed by atoms with van der Waals surface area (Å²) >= 11 is 4.92. The quantitative estimate of drug-likeness (QED) is 0.720. The van der Waals surface area contributed by atoms with E-state index in [9.17, 15) is 8.42 Å². The monoisotopic (exact) mass is 328 g/mol. The van der Waals surface area contributed by atoms with Gasteiger partial charge in [-0.1, -0.05) is 57.1 Å². The third-order valence-electron chi connectivity index (χ3n) is 3.22. The van der Waals surface area contributed by atoms with Gasteiger partial charge in [-0.2, -0.15) is 0 Å². The van der Waals surface area contributed by atoms with Gasteiger partial charge in [0.1, 0.15) is 4.99 Å². The third-order valence-corrected chi connectivity index (χ3v) is 5.08. The molecule has 21 heavy (non-hydrogen) atoms. The smallest absolute Gasteiger partial charge is 0.241 e. The fraction of sp³-hybridized carbons (Fsp3) is 0.533. The Kier molecular flexibility index (Phi) is 6.77. The molecule has 0 spiro atoms. The van der Waals surface area contributed by atoms with Crippen molar-refractivity contribution < 1.29 is 8.42 Å². The van der Waals surface area contributed by atoms with Crippen LogP contribution in [0, 0.1) is 5.92 Å². The van der Waals surface area contributed by atoms with Crippen LogP contribution in [0.5, 0.6) is 0 Å². The van der Waals surface area contributed by atoms with Gasteiger partial charge >= 0.3 is 0 Å². The normalized spacial score (nSPS) is 13.3. The second-order valence-electron chi connectivity index (χ2n) is 5.71. The van der Waals surface area contributed by atoms with E-state index >= 15 is 0 Å². The highest BCUT2D eigenvalue weighted by atomic mass is 32.2. The van der Waals surface area contributed by atoms with Gasteiger partial charge in [0.05, 0.1) is 4.90 Å². The Morgan fingerprint density at radius 3 is 2.43 bits per heavy atom. The summed E-state index contributed by atoms with van der Waals surface area (Å²) in [6.45, 7) is 6.20. The molecule has 0 saturated heterocycles. The van der Waals surface area contributed by atoms with Crippen LogP contribution in [0.1, 0.15) is 45.6 Å². The number of hydrogen-bond acceptors (Lipinski definition) is 3. The van der Waals surface area contributed by atoms with Crippen molar-refractivity contribution in [1.82, 2.24) is 4.72 Å². The SMILES string of the molecule is CC(C)CCCC(C)NS(=O)(=O)c1ccccc1C(N)=S. The summed E-state index contributed by atoms with van der Waals surface area (Å²) < 4.78 is 27.6. The van der Waals surface area contributed by atoms with Crippen molar-refractivity contribution in [2.24, 2.45) is 11.7 Å². The molecule has 0 radical (unpaired) electrons. The predicted molar refractivity (Wildman–Crippen MR) is 90.8 cm³/mol. The zero-order valence-electron chi connectivity index (χ0n) is 12.8. The average molecular weight is 329 g/mol. The summed E-state index contributed by atoms with van der Waals surface area (Å²) in [5.41, 5.74) is 5.98. The van der Waals surface area contributed by atoms with Gasteiger partial charge in [-0.25, -0.2) is 13.1 Å². The van der Waals surface area contributed by atoms with Crippen LogP contribution in [0.25, 0.3) is 0 Å². The zero-order valence-corrected chi connectivity index (χ0v) is 14.4. The number of nitrogens with one attached hydrogen (secondary N) is 1. The molecule has 0 amide bonds. The summed E-state index contributed by atoms with van der Waals surface area (Å²) in [7, 11) is -3.60. The first kappa shape index (κ1) is 18.1. The maximum Gasteiger partial charge on any atom is 0.241 e. The van der Waals surface area contributed by atoms with E-state index in [0.29, 0.717) is 11.5 Å². The Morgan fingerprint density at radius 1 is 1.24 bits per heavy atom. The summed E-state index contributed by atoms with van der Waals surface area (Å²) in [5, 5.41) is 0. The second-order valence-corrected chi connectivity index (χ2v) is 7.83.